The Labute approximate surface area is 141 Å². The molecule has 0 radical (unpaired) electrons. The van der Waals surface area contributed by atoms with Crippen LogP contribution in [-0.2, 0) is 11.2 Å². The van der Waals surface area contributed by atoms with E-state index in [0.717, 1.165) is 5.56 Å². The summed E-state index contributed by atoms with van der Waals surface area (Å²) in [6.45, 7) is 1.21. The molecule has 0 unspecified atom stereocenters. The third kappa shape index (κ3) is 4.26. The zero-order chi connectivity index (χ0) is 16.8. The van der Waals surface area contributed by atoms with Gasteiger partial charge in [-0.25, -0.2) is 0 Å². The monoisotopic (exact) mass is 327 g/mol. The Kier molecular flexibility index (Phi) is 5.33. The molecule has 126 valence electrons. The number of aryl methyl sites for hydroxylation is 1. The molecule has 0 aromatic heterocycles. The van der Waals surface area contributed by atoms with Crippen molar-refractivity contribution in [3.63, 3.8) is 0 Å². The summed E-state index contributed by atoms with van der Waals surface area (Å²) >= 11 is 0. The molecule has 3 rings (SSSR count). The molecule has 0 saturated heterocycles. The van der Waals surface area contributed by atoms with Crippen molar-refractivity contribution >= 4 is 5.91 Å². The highest BCUT2D eigenvalue weighted by atomic mass is 16.6. The number of amides is 1. The van der Waals surface area contributed by atoms with Gasteiger partial charge >= 0.3 is 0 Å². The average molecular weight is 327 g/mol. The molecule has 5 nitrogen and oxygen atoms in total. The van der Waals surface area contributed by atoms with Gasteiger partial charge in [0.15, 0.2) is 11.5 Å². The average Bonchev–Trinajstić information content (AvgIpc) is 2.65. The molecular formula is C19H21NO4. The molecule has 1 aliphatic heterocycles. The molecule has 2 aromatic rings. The normalized spacial score (nSPS) is 14.0. The number of ether oxygens (including phenoxy) is 2. The molecular weight excluding hydrogens is 306 g/mol. The number of fused-ring (bicyclic) bond motifs is 1. The van der Waals surface area contributed by atoms with Crippen molar-refractivity contribution in [2.24, 2.45) is 0 Å². The molecule has 5 heteroatoms. The summed E-state index contributed by atoms with van der Waals surface area (Å²) in [6, 6.07) is 15.2. The zero-order valence-corrected chi connectivity index (χ0v) is 13.4. The highest BCUT2D eigenvalue weighted by molar-refractivity contribution is 5.76. The second kappa shape index (κ2) is 7.84. The van der Waals surface area contributed by atoms with E-state index in [1.807, 2.05) is 30.3 Å². The van der Waals surface area contributed by atoms with Crippen LogP contribution < -0.4 is 14.8 Å². The van der Waals surface area contributed by atoms with Gasteiger partial charge in [0.1, 0.15) is 13.2 Å². The van der Waals surface area contributed by atoms with Crippen LogP contribution in [0.5, 0.6) is 11.5 Å². The lowest BCUT2D eigenvalue weighted by Crippen LogP contribution is -2.28. The zero-order valence-electron chi connectivity index (χ0n) is 13.4. The Bertz CT molecular complexity index is 687. The van der Waals surface area contributed by atoms with Gasteiger partial charge in [-0.2, -0.15) is 0 Å². The number of aliphatic hydroxyl groups is 1. The van der Waals surface area contributed by atoms with E-state index in [0.29, 0.717) is 43.1 Å². The minimum absolute atomic E-state index is 0.0737. The van der Waals surface area contributed by atoms with Crippen LogP contribution in [0.1, 0.15) is 23.7 Å². The minimum Gasteiger partial charge on any atom is -0.486 e. The van der Waals surface area contributed by atoms with Gasteiger partial charge in [-0.3, -0.25) is 4.79 Å². The maximum Gasteiger partial charge on any atom is 0.220 e. The van der Waals surface area contributed by atoms with Crippen LogP contribution >= 0.6 is 0 Å². The van der Waals surface area contributed by atoms with Gasteiger partial charge in [0.2, 0.25) is 5.91 Å². The minimum atomic E-state index is -0.776. The van der Waals surface area contributed by atoms with E-state index in [1.165, 1.54) is 0 Å². The Balaban J connectivity index is 1.48. The van der Waals surface area contributed by atoms with Gasteiger partial charge in [0, 0.05) is 13.0 Å². The van der Waals surface area contributed by atoms with Crippen LogP contribution in [0.3, 0.4) is 0 Å². The Morgan fingerprint density at radius 2 is 1.83 bits per heavy atom. The summed E-state index contributed by atoms with van der Waals surface area (Å²) in [5.41, 5.74) is 1.82. The van der Waals surface area contributed by atoms with E-state index in [4.69, 9.17) is 9.47 Å². The fraction of sp³-hybridized carbons (Fsp3) is 0.316. The van der Waals surface area contributed by atoms with E-state index < -0.39 is 6.10 Å². The topological polar surface area (TPSA) is 67.8 Å². The predicted molar refractivity (Wildman–Crippen MR) is 90.2 cm³/mol. The van der Waals surface area contributed by atoms with Crippen molar-refractivity contribution in [1.29, 1.82) is 0 Å². The number of aliphatic hydroxyl groups excluding tert-OH is 1. The summed E-state index contributed by atoms with van der Waals surface area (Å²) in [7, 11) is 0. The first-order valence-corrected chi connectivity index (χ1v) is 8.10. The van der Waals surface area contributed by atoms with Crippen LogP contribution in [0, 0.1) is 0 Å². The van der Waals surface area contributed by atoms with Gasteiger partial charge in [0.25, 0.3) is 0 Å². The Hall–Kier alpha value is -2.53. The van der Waals surface area contributed by atoms with Gasteiger partial charge in [-0.15, -0.1) is 0 Å². The van der Waals surface area contributed by atoms with Crippen LogP contribution in [0.2, 0.25) is 0 Å². The number of carbonyl (C=O) groups excluding carboxylic acids is 1. The number of nitrogens with one attached hydrogen (secondary N) is 1. The lowest BCUT2D eigenvalue weighted by atomic mass is 10.1. The van der Waals surface area contributed by atoms with E-state index in [2.05, 4.69) is 5.32 Å². The molecule has 0 spiro atoms. The van der Waals surface area contributed by atoms with E-state index >= 15 is 0 Å². The number of hydrogen-bond acceptors (Lipinski definition) is 4. The summed E-state index contributed by atoms with van der Waals surface area (Å²) in [5.74, 6) is 1.24. The molecule has 0 aliphatic carbocycles. The van der Waals surface area contributed by atoms with E-state index in [1.54, 1.807) is 18.2 Å². The summed E-state index contributed by atoms with van der Waals surface area (Å²) in [5, 5.41) is 13.0. The van der Waals surface area contributed by atoms with Crippen LogP contribution in [0.15, 0.2) is 48.5 Å². The van der Waals surface area contributed by atoms with Crippen molar-refractivity contribution in [2.75, 3.05) is 19.8 Å². The molecule has 1 heterocycles. The second-order valence-corrected chi connectivity index (χ2v) is 5.71. The van der Waals surface area contributed by atoms with Gasteiger partial charge in [-0.05, 0) is 29.7 Å². The third-order valence-electron chi connectivity index (χ3n) is 3.93. The molecule has 0 bridgehead atoms. The highest BCUT2D eigenvalue weighted by Gasteiger charge is 2.16. The molecule has 0 fully saturated rings. The number of benzene rings is 2. The SMILES string of the molecule is O=C(CCc1ccccc1)NC[C@H](O)c1ccc2c(c1)OCCO2. The summed E-state index contributed by atoms with van der Waals surface area (Å²) in [6.07, 6.45) is 0.312. The number of carbonyl (C=O) groups is 1. The maximum atomic E-state index is 11.9. The lowest BCUT2D eigenvalue weighted by Gasteiger charge is -2.20. The predicted octanol–water partition coefficient (Wildman–Crippen LogP) is 2.24. The van der Waals surface area contributed by atoms with Crippen LogP contribution in [0.25, 0.3) is 0 Å². The van der Waals surface area contributed by atoms with Crippen LogP contribution in [-0.4, -0.2) is 30.8 Å². The molecule has 2 N–H and O–H groups in total. The Morgan fingerprint density at radius 1 is 1.08 bits per heavy atom. The van der Waals surface area contributed by atoms with Crippen molar-refractivity contribution < 1.29 is 19.4 Å². The third-order valence-corrected chi connectivity index (χ3v) is 3.93. The molecule has 1 amide bonds. The number of hydrogen-bond donors (Lipinski definition) is 2. The smallest absolute Gasteiger partial charge is 0.220 e. The largest absolute Gasteiger partial charge is 0.486 e. The van der Waals surface area contributed by atoms with Crippen molar-refractivity contribution in [3.8, 4) is 11.5 Å². The van der Waals surface area contributed by atoms with Crippen LogP contribution in [0.4, 0.5) is 0 Å². The fourth-order valence-corrected chi connectivity index (χ4v) is 2.59. The first-order chi connectivity index (χ1) is 11.7. The van der Waals surface area contributed by atoms with E-state index in [-0.39, 0.29) is 12.5 Å². The second-order valence-electron chi connectivity index (χ2n) is 5.71. The summed E-state index contributed by atoms with van der Waals surface area (Å²) < 4.78 is 11.0. The molecule has 2 aromatic carbocycles. The number of rotatable bonds is 6. The molecule has 1 aliphatic rings. The molecule has 0 saturated carbocycles. The molecule has 24 heavy (non-hydrogen) atoms. The fourth-order valence-electron chi connectivity index (χ4n) is 2.59. The lowest BCUT2D eigenvalue weighted by molar-refractivity contribution is -0.121. The van der Waals surface area contributed by atoms with Gasteiger partial charge in [-0.1, -0.05) is 36.4 Å². The standard InChI is InChI=1S/C19H21NO4/c21-16(15-7-8-17-18(12-15)24-11-10-23-17)13-20-19(22)9-6-14-4-2-1-3-5-14/h1-5,7-8,12,16,21H,6,9-11,13H2,(H,20,22)/t16-/m0/s1. The Morgan fingerprint density at radius 3 is 2.62 bits per heavy atom. The quantitative estimate of drug-likeness (QED) is 0.854. The first-order valence-electron chi connectivity index (χ1n) is 8.10. The highest BCUT2D eigenvalue weighted by Crippen LogP contribution is 2.32. The van der Waals surface area contributed by atoms with Crippen molar-refractivity contribution in [1.82, 2.24) is 5.32 Å². The van der Waals surface area contributed by atoms with Gasteiger partial charge in [0.05, 0.1) is 6.10 Å². The molecule has 1 atom stereocenters. The van der Waals surface area contributed by atoms with E-state index in [9.17, 15) is 9.90 Å². The van der Waals surface area contributed by atoms with Gasteiger partial charge < -0.3 is 19.9 Å². The first kappa shape index (κ1) is 16.3. The summed E-state index contributed by atoms with van der Waals surface area (Å²) in [4.78, 5) is 11.9. The maximum absolute atomic E-state index is 11.9. The van der Waals surface area contributed by atoms with Crippen molar-refractivity contribution in [3.05, 3.63) is 59.7 Å². The van der Waals surface area contributed by atoms with Crippen molar-refractivity contribution in [2.45, 2.75) is 18.9 Å².